The van der Waals surface area contributed by atoms with E-state index in [9.17, 15) is 19.8 Å². The van der Waals surface area contributed by atoms with Crippen LogP contribution < -0.4 is 0 Å². The Bertz CT molecular complexity index is 957. The molecule has 0 aliphatic carbocycles. The maximum Gasteiger partial charge on any atom is 0.295 e. The van der Waals surface area contributed by atoms with Crippen LogP contribution >= 0.6 is 0 Å². The molecular weight excluding hydrogens is 366 g/mol. The first-order chi connectivity index (χ1) is 13.7. The fraction of sp³-hybridized carbons (Fsp3) is 0.333. The number of carbonyl (C=O) groups is 2. The van der Waals surface area contributed by atoms with Crippen LogP contribution in [0, 0.1) is 6.92 Å². The number of amides is 1. The fourth-order valence-electron chi connectivity index (χ4n) is 3.65. The second-order valence-electron chi connectivity index (χ2n) is 7.99. The van der Waals surface area contributed by atoms with Crippen LogP contribution in [0.3, 0.4) is 0 Å². The number of carbonyl (C=O) groups excluding carboxylic acids is 2. The Balaban J connectivity index is 2.20. The Morgan fingerprint density at radius 2 is 1.72 bits per heavy atom. The molecule has 1 heterocycles. The number of aliphatic hydroxyl groups is 2. The van der Waals surface area contributed by atoms with Gasteiger partial charge in [0, 0.05) is 12.1 Å². The Labute approximate surface area is 171 Å². The average Bonchev–Trinajstić information content (AvgIpc) is 2.92. The van der Waals surface area contributed by atoms with Crippen molar-refractivity contribution in [3.05, 3.63) is 76.4 Å². The number of hydrogen-bond acceptors (Lipinski definition) is 4. The fourth-order valence-corrected chi connectivity index (χ4v) is 3.65. The van der Waals surface area contributed by atoms with E-state index in [-0.39, 0.29) is 23.8 Å². The molecule has 1 saturated heterocycles. The lowest BCUT2D eigenvalue weighted by Gasteiger charge is -2.27. The normalized spacial score (nSPS) is 19.8. The van der Waals surface area contributed by atoms with Crippen LogP contribution in [0.5, 0.6) is 0 Å². The predicted molar refractivity (Wildman–Crippen MR) is 112 cm³/mol. The second-order valence-corrected chi connectivity index (χ2v) is 7.99. The number of benzene rings is 2. The standard InChI is InChI=1S/C24H27NO4/c1-14(2)18-6-5-7-19(12-18)21-20(22(27)17-10-8-15(3)9-11-17)23(28)24(29)25(21)13-16(4)26/h5-12,14,16,21,26-27H,13H2,1-4H3/b22-20+. The Hall–Kier alpha value is -2.92. The molecule has 0 spiro atoms. The summed E-state index contributed by atoms with van der Waals surface area (Å²) in [6.07, 6.45) is -0.802. The van der Waals surface area contributed by atoms with Gasteiger partial charge in [-0.25, -0.2) is 0 Å². The molecule has 29 heavy (non-hydrogen) atoms. The van der Waals surface area contributed by atoms with Gasteiger partial charge < -0.3 is 15.1 Å². The maximum atomic E-state index is 12.9. The molecule has 2 aromatic rings. The van der Waals surface area contributed by atoms with Gasteiger partial charge in [-0.1, -0.05) is 67.9 Å². The third-order valence-corrected chi connectivity index (χ3v) is 5.22. The van der Waals surface area contributed by atoms with Crippen molar-refractivity contribution >= 4 is 17.4 Å². The summed E-state index contributed by atoms with van der Waals surface area (Å²) in [5, 5.41) is 20.9. The van der Waals surface area contributed by atoms with Crippen molar-refractivity contribution in [3.8, 4) is 0 Å². The minimum Gasteiger partial charge on any atom is -0.507 e. The van der Waals surface area contributed by atoms with Gasteiger partial charge in [0.2, 0.25) is 0 Å². The Morgan fingerprint density at radius 3 is 2.31 bits per heavy atom. The van der Waals surface area contributed by atoms with Gasteiger partial charge >= 0.3 is 0 Å². The van der Waals surface area contributed by atoms with Gasteiger partial charge in [-0.3, -0.25) is 9.59 Å². The maximum absolute atomic E-state index is 12.9. The Kier molecular flexibility index (Phi) is 5.89. The largest absolute Gasteiger partial charge is 0.507 e. The van der Waals surface area contributed by atoms with E-state index in [1.54, 1.807) is 19.1 Å². The van der Waals surface area contributed by atoms with Crippen molar-refractivity contribution in [2.45, 2.75) is 45.8 Å². The molecule has 2 atom stereocenters. The first-order valence-electron chi connectivity index (χ1n) is 9.84. The number of hydrogen-bond donors (Lipinski definition) is 2. The lowest BCUT2D eigenvalue weighted by Crippen LogP contribution is -2.35. The highest BCUT2D eigenvalue weighted by Crippen LogP contribution is 2.40. The first kappa shape index (κ1) is 20.8. The summed E-state index contributed by atoms with van der Waals surface area (Å²) in [7, 11) is 0. The van der Waals surface area contributed by atoms with Crippen LogP contribution in [-0.4, -0.2) is 39.5 Å². The van der Waals surface area contributed by atoms with Crippen molar-refractivity contribution < 1.29 is 19.8 Å². The molecule has 1 fully saturated rings. The second kappa shape index (κ2) is 8.21. The van der Waals surface area contributed by atoms with E-state index in [1.165, 1.54) is 4.90 Å². The lowest BCUT2D eigenvalue weighted by atomic mass is 9.92. The van der Waals surface area contributed by atoms with Crippen molar-refractivity contribution in [3.63, 3.8) is 0 Å². The zero-order valence-electron chi connectivity index (χ0n) is 17.2. The number of aliphatic hydroxyl groups excluding tert-OH is 2. The zero-order valence-corrected chi connectivity index (χ0v) is 17.2. The zero-order chi connectivity index (χ0) is 21.3. The van der Waals surface area contributed by atoms with Gasteiger partial charge in [0.05, 0.1) is 17.7 Å². The summed E-state index contributed by atoms with van der Waals surface area (Å²) in [6, 6.07) is 14.1. The highest BCUT2D eigenvalue weighted by atomic mass is 16.3. The van der Waals surface area contributed by atoms with Crippen LogP contribution in [-0.2, 0) is 9.59 Å². The number of rotatable bonds is 5. The summed E-state index contributed by atoms with van der Waals surface area (Å²) in [6.45, 7) is 7.64. The molecule has 2 aromatic carbocycles. The molecule has 5 nitrogen and oxygen atoms in total. The van der Waals surface area contributed by atoms with E-state index in [4.69, 9.17) is 0 Å². The number of Topliss-reactive ketones (excluding diaryl/α,β-unsaturated/α-hetero) is 1. The van der Waals surface area contributed by atoms with E-state index >= 15 is 0 Å². The van der Waals surface area contributed by atoms with Crippen molar-refractivity contribution in [1.82, 2.24) is 4.90 Å². The third kappa shape index (κ3) is 4.10. The molecule has 1 amide bonds. The van der Waals surface area contributed by atoms with E-state index in [0.29, 0.717) is 5.56 Å². The highest BCUT2D eigenvalue weighted by molar-refractivity contribution is 6.46. The number of aryl methyl sites for hydroxylation is 1. The SMILES string of the molecule is Cc1ccc(/C(O)=C2\C(=O)C(=O)N(CC(C)O)C2c2cccc(C(C)C)c2)cc1. The molecule has 1 aliphatic heterocycles. The summed E-state index contributed by atoms with van der Waals surface area (Å²) in [5.41, 5.74) is 3.37. The quantitative estimate of drug-likeness (QED) is 0.458. The smallest absolute Gasteiger partial charge is 0.295 e. The van der Waals surface area contributed by atoms with Crippen molar-refractivity contribution in [2.75, 3.05) is 6.54 Å². The van der Waals surface area contributed by atoms with E-state index in [0.717, 1.165) is 16.7 Å². The number of ketones is 1. The topological polar surface area (TPSA) is 77.8 Å². The van der Waals surface area contributed by atoms with Gasteiger partial charge in [-0.2, -0.15) is 0 Å². The van der Waals surface area contributed by atoms with Crippen LogP contribution in [0.1, 0.15) is 55.0 Å². The van der Waals surface area contributed by atoms with Gasteiger partial charge in [0.15, 0.2) is 0 Å². The predicted octanol–water partition coefficient (Wildman–Crippen LogP) is 3.92. The third-order valence-electron chi connectivity index (χ3n) is 5.22. The summed E-state index contributed by atoms with van der Waals surface area (Å²) in [4.78, 5) is 27.0. The minimum absolute atomic E-state index is 0.00578. The van der Waals surface area contributed by atoms with Crippen LogP contribution in [0.25, 0.3) is 5.76 Å². The molecule has 2 N–H and O–H groups in total. The molecule has 1 aliphatic rings. The van der Waals surface area contributed by atoms with E-state index in [2.05, 4.69) is 13.8 Å². The Morgan fingerprint density at radius 1 is 1.07 bits per heavy atom. The highest BCUT2D eigenvalue weighted by Gasteiger charge is 2.46. The van der Waals surface area contributed by atoms with Crippen LogP contribution in [0.2, 0.25) is 0 Å². The summed E-state index contributed by atoms with van der Waals surface area (Å²) in [5.74, 6) is -1.37. The minimum atomic E-state index is -0.802. The lowest BCUT2D eigenvalue weighted by molar-refractivity contribution is -0.140. The molecule has 5 heteroatoms. The summed E-state index contributed by atoms with van der Waals surface area (Å²) < 4.78 is 0. The van der Waals surface area contributed by atoms with Gasteiger partial charge in [0.25, 0.3) is 11.7 Å². The molecule has 3 rings (SSSR count). The number of β-amino-alcohol motifs (C(OH)–C–C–N with tert-alkyl or cyclic N) is 1. The molecule has 0 bridgehead atoms. The monoisotopic (exact) mass is 393 g/mol. The van der Waals surface area contributed by atoms with E-state index < -0.39 is 23.8 Å². The van der Waals surface area contributed by atoms with Crippen molar-refractivity contribution in [2.24, 2.45) is 0 Å². The van der Waals surface area contributed by atoms with Crippen molar-refractivity contribution in [1.29, 1.82) is 0 Å². The van der Waals surface area contributed by atoms with Gasteiger partial charge in [-0.05, 0) is 30.9 Å². The molecule has 2 unspecified atom stereocenters. The molecule has 152 valence electrons. The van der Waals surface area contributed by atoms with E-state index in [1.807, 2.05) is 43.3 Å². The van der Waals surface area contributed by atoms with Crippen LogP contribution in [0.4, 0.5) is 0 Å². The first-order valence-corrected chi connectivity index (χ1v) is 9.84. The molecule has 0 radical (unpaired) electrons. The van der Waals surface area contributed by atoms with Gasteiger partial charge in [0.1, 0.15) is 5.76 Å². The average molecular weight is 393 g/mol. The van der Waals surface area contributed by atoms with Crippen LogP contribution in [0.15, 0.2) is 54.1 Å². The molecule has 0 aromatic heterocycles. The number of nitrogens with zero attached hydrogens (tertiary/aromatic N) is 1. The molecule has 0 saturated carbocycles. The van der Waals surface area contributed by atoms with Gasteiger partial charge in [-0.15, -0.1) is 0 Å². The summed E-state index contributed by atoms with van der Waals surface area (Å²) >= 11 is 0. The molecular formula is C24H27NO4. The number of likely N-dealkylation sites (tertiary alicyclic amines) is 1.